The Kier molecular flexibility index (Phi) is 15.3. The minimum absolute atomic E-state index is 0.0286. The molecule has 0 radical (unpaired) electrons. The third-order valence-corrected chi connectivity index (χ3v) is 6.28. The lowest BCUT2D eigenvalue weighted by Crippen LogP contribution is -2.29. The molecular formula is C29H32BBrF2O4. The van der Waals surface area contributed by atoms with Crippen molar-refractivity contribution in [1.82, 2.24) is 0 Å². The Labute approximate surface area is 226 Å². The van der Waals surface area contributed by atoms with E-state index in [-0.39, 0.29) is 19.0 Å². The Morgan fingerprint density at radius 1 is 0.676 bits per heavy atom. The molecule has 0 bridgehead atoms. The molecule has 196 valence electrons. The van der Waals surface area contributed by atoms with Crippen LogP contribution >= 0.6 is 15.9 Å². The van der Waals surface area contributed by atoms with Crippen LogP contribution in [0.15, 0.2) is 95.5 Å². The van der Waals surface area contributed by atoms with Crippen LogP contribution in [0.1, 0.15) is 22.3 Å². The minimum Gasteiger partial charge on any atom is -0.423 e. The normalized spacial score (nSPS) is 9.57. The van der Waals surface area contributed by atoms with E-state index in [1.54, 1.807) is 36.4 Å². The lowest BCUT2D eigenvalue weighted by Gasteiger charge is -2.09. The minimum atomic E-state index is -1.34. The van der Waals surface area contributed by atoms with Gasteiger partial charge in [0.25, 0.3) is 0 Å². The zero-order valence-electron chi connectivity index (χ0n) is 21.1. The first kappa shape index (κ1) is 32.2. The third-order valence-electron chi connectivity index (χ3n) is 5.42. The van der Waals surface area contributed by atoms with Crippen molar-refractivity contribution in [3.05, 3.63) is 124 Å². The first-order valence-electron chi connectivity index (χ1n) is 11.4. The van der Waals surface area contributed by atoms with Gasteiger partial charge >= 0.3 is 7.12 Å². The summed E-state index contributed by atoms with van der Waals surface area (Å²) in [5, 5.41) is 35.2. The number of rotatable bonds is 4. The first-order chi connectivity index (χ1) is 17.8. The second-order valence-electron chi connectivity index (χ2n) is 7.72. The van der Waals surface area contributed by atoms with Crippen molar-refractivity contribution in [3.63, 3.8) is 0 Å². The molecule has 0 aliphatic rings. The summed E-state index contributed by atoms with van der Waals surface area (Å²) in [7, 11) is -0.841. The van der Waals surface area contributed by atoms with Crippen LogP contribution in [-0.2, 0) is 13.2 Å². The fourth-order valence-electron chi connectivity index (χ4n) is 3.25. The number of hydrogen-bond donors (Lipinski definition) is 4. The zero-order chi connectivity index (χ0) is 27.8. The van der Waals surface area contributed by atoms with Gasteiger partial charge in [-0.15, -0.1) is 0 Å². The lowest BCUT2D eigenvalue weighted by molar-refractivity contribution is 0.281. The average molecular weight is 573 g/mol. The van der Waals surface area contributed by atoms with E-state index in [9.17, 15) is 13.9 Å². The van der Waals surface area contributed by atoms with E-state index in [1.165, 1.54) is 12.1 Å². The van der Waals surface area contributed by atoms with Gasteiger partial charge in [-0.05, 0) is 70.9 Å². The van der Waals surface area contributed by atoms with Gasteiger partial charge in [-0.25, -0.2) is 4.39 Å². The Morgan fingerprint density at radius 2 is 1.19 bits per heavy atom. The molecule has 0 aromatic heterocycles. The summed E-state index contributed by atoms with van der Waals surface area (Å²) in [5.41, 5.74) is 6.57. The van der Waals surface area contributed by atoms with Gasteiger partial charge < -0.3 is 20.3 Å². The number of halogens is 3. The summed E-state index contributed by atoms with van der Waals surface area (Å²) in [6, 6.07) is 26.6. The fourth-order valence-corrected chi connectivity index (χ4v) is 3.65. The highest BCUT2D eigenvalue weighted by molar-refractivity contribution is 9.10. The van der Waals surface area contributed by atoms with E-state index in [4.69, 9.17) is 15.2 Å². The zero-order valence-corrected chi connectivity index (χ0v) is 22.7. The summed E-state index contributed by atoms with van der Waals surface area (Å²) in [4.78, 5) is 0. The van der Waals surface area contributed by atoms with E-state index in [0.717, 1.165) is 37.9 Å². The van der Waals surface area contributed by atoms with Crippen molar-refractivity contribution < 1.29 is 29.0 Å². The topological polar surface area (TPSA) is 80.9 Å². The Bertz CT molecular complexity index is 1190. The molecule has 0 aliphatic heterocycles. The molecule has 4 nitrogen and oxygen atoms in total. The Hall–Kier alpha value is -2.88. The second kappa shape index (κ2) is 17.6. The van der Waals surface area contributed by atoms with Gasteiger partial charge in [0, 0.05) is 4.47 Å². The monoisotopic (exact) mass is 572 g/mol. The highest BCUT2D eigenvalue weighted by atomic mass is 79.9. The molecule has 0 spiro atoms. The van der Waals surface area contributed by atoms with Crippen molar-refractivity contribution in [3.8, 4) is 11.1 Å². The Balaban J connectivity index is 0.000000283. The molecule has 4 N–H and O–H groups in total. The van der Waals surface area contributed by atoms with Crippen LogP contribution in [0.3, 0.4) is 0 Å². The molecule has 37 heavy (non-hydrogen) atoms. The van der Waals surface area contributed by atoms with Gasteiger partial charge in [-0.1, -0.05) is 88.7 Å². The maximum atomic E-state index is 12.8. The summed E-state index contributed by atoms with van der Waals surface area (Å²) in [5.74, 6) is -0.236. The number of alkyl halides is 1. The second-order valence-corrected chi connectivity index (χ2v) is 8.58. The summed E-state index contributed by atoms with van der Waals surface area (Å²) in [6.45, 7) is 4.09. The van der Waals surface area contributed by atoms with E-state index in [2.05, 4.69) is 15.9 Å². The molecular weight excluding hydrogens is 541 g/mol. The smallest absolute Gasteiger partial charge is 0.423 e. The summed E-state index contributed by atoms with van der Waals surface area (Å²) < 4.78 is 23.4. The van der Waals surface area contributed by atoms with E-state index in [1.807, 2.05) is 56.3 Å². The van der Waals surface area contributed by atoms with Gasteiger partial charge in [-0.3, -0.25) is 4.39 Å². The number of benzene rings is 4. The van der Waals surface area contributed by atoms with Gasteiger partial charge in [0.15, 0.2) is 0 Å². The average Bonchev–Trinajstić information content (AvgIpc) is 2.93. The molecule has 0 saturated heterocycles. The highest BCUT2D eigenvalue weighted by Gasteiger charge is 2.07. The van der Waals surface area contributed by atoms with Gasteiger partial charge in [0.1, 0.15) is 5.82 Å². The van der Waals surface area contributed by atoms with Crippen molar-refractivity contribution >= 4 is 28.5 Å². The molecule has 0 amide bonds. The SMILES string of the molecule is CF.Cc1c(Br)cccc1CO.Cc1c(CO)cccc1-c1ccc(F)cc1.OB(O)c1ccccc1. The van der Waals surface area contributed by atoms with Crippen LogP contribution in [0.2, 0.25) is 0 Å². The number of hydrogen-bond acceptors (Lipinski definition) is 4. The molecule has 4 aromatic carbocycles. The first-order valence-corrected chi connectivity index (χ1v) is 12.2. The van der Waals surface area contributed by atoms with Gasteiger partial charge in [0.05, 0.1) is 20.4 Å². The molecule has 0 heterocycles. The predicted octanol–water partition coefficient (Wildman–Crippen LogP) is 5.50. The van der Waals surface area contributed by atoms with E-state index in [0.29, 0.717) is 12.6 Å². The fraction of sp³-hybridized carbons (Fsp3) is 0.172. The van der Waals surface area contributed by atoms with Crippen LogP contribution in [0.5, 0.6) is 0 Å². The molecule has 0 unspecified atom stereocenters. The molecule has 8 heteroatoms. The van der Waals surface area contributed by atoms with E-state index < -0.39 is 7.12 Å². The van der Waals surface area contributed by atoms with Crippen molar-refractivity contribution in [2.24, 2.45) is 0 Å². The largest absolute Gasteiger partial charge is 0.488 e. The van der Waals surface area contributed by atoms with Crippen LogP contribution < -0.4 is 5.46 Å². The van der Waals surface area contributed by atoms with Crippen LogP contribution in [-0.4, -0.2) is 34.6 Å². The number of aliphatic hydroxyl groups excluding tert-OH is 2. The highest BCUT2D eigenvalue weighted by Crippen LogP contribution is 2.25. The quantitative estimate of drug-likeness (QED) is 0.244. The molecule has 0 aliphatic carbocycles. The molecule has 0 saturated carbocycles. The number of aliphatic hydroxyl groups is 2. The van der Waals surface area contributed by atoms with Crippen LogP contribution in [0.25, 0.3) is 11.1 Å². The third kappa shape index (κ3) is 10.6. The molecule has 0 atom stereocenters. The van der Waals surface area contributed by atoms with Crippen LogP contribution in [0.4, 0.5) is 8.78 Å². The van der Waals surface area contributed by atoms with Gasteiger partial charge in [-0.2, -0.15) is 0 Å². The lowest BCUT2D eigenvalue weighted by atomic mass is 9.81. The standard InChI is InChI=1S/C14H13FO.C8H9BrO.C6H7BO2.CH3F/c1-10-12(9-16)3-2-4-14(10)11-5-7-13(15)8-6-11;1-6-7(5-10)3-2-4-8(6)9;8-7(9)6-4-2-1-3-5-6;1-2/h2-8,16H,9H2,1H3;2-4,10H,5H2,1H3;1-5,8-9H;1H3. The maximum Gasteiger partial charge on any atom is 0.488 e. The summed E-state index contributed by atoms with van der Waals surface area (Å²) in [6.07, 6.45) is 0. The molecule has 4 rings (SSSR count). The summed E-state index contributed by atoms with van der Waals surface area (Å²) >= 11 is 3.38. The van der Waals surface area contributed by atoms with Crippen molar-refractivity contribution in [1.29, 1.82) is 0 Å². The predicted molar refractivity (Wildman–Crippen MR) is 151 cm³/mol. The van der Waals surface area contributed by atoms with Crippen molar-refractivity contribution in [2.75, 3.05) is 7.18 Å². The van der Waals surface area contributed by atoms with Gasteiger partial charge in [0.2, 0.25) is 0 Å². The molecule has 4 aromatic rings. The van der Waals surface area contributed by atoms with Crippen LogP contribution in [0, 0.1) is 19.7 Å². The Morgan fingerprint density at radius 3 is 1.65 bits per heavy atom. The van der Waals surface area contributed by atoms with Crippen molar-refractivity contribution in [2.45, 2.75) is 27.1 Å². The molecule has 0 fully saturated rings. The maximum absolute atomic E-state index is 12.8. The van der Waals surface area contributed by atoms with E-state index >= 15 is 0 Å².